The molecule has 5 nitrogen and oxygen atoms in total. The molecule has 0 unspecified atom stereocenters. The van der Waals surface area contributed by atoms with Crippen molar-refractivity contribution >= 4 is 17.5 Å². The normalized spacial score (nSPS) is 10.5. The Morgan fingerprint density at radius 1 is 0.958 bits per heavy atom. The minimum absolute atomic E-state index is 0.0995. The van der Waals surface area contributed by atoms with Gasteiger partial charge in [-0.3, -0.25) is 4.79 Å². The van der Waals surface area contributed by atoms with E-state index in [9.17, 15) is 4.79 Å². The average molecular weight is 327 g/mol. The molecule has 0 aliphatic carbocycles. The Hall–Kier alpha value is -2.95. The molecule has 1 N–H and O–H groups in total. The standard InChI is InChI=1S/C19H21NO4/c1-20-14-7-5-13(6-8-14)17(21)10-9-16-18(23-3)11-15(22-2)12-19(16)24-4/h5-12,20H,1-4H3/b10-9+. The lowest BCUT2D eigenvalue weighted by molar-refractivity contribution is 0.104. The zero-order valence-corrected chi connectivity index (χ0v) is 14.3. The van der Waals surface area contributed by atoms with E-state index in [1.54, 1.807) is 51.7 Å². The summed E-state index contributed by atoms with van der Waals surface area (Å²) in [5.74, 6) is 1.66. The zero-order chi connectivity index (χ0) is 17.5. The fraction of sp³-hybridized carbons (Fsp3) is 0.211. The summed E-state index contributed by atoms with van der Waals surface area (Å²) >= 11 is 0. The molecular weight excluding hydrogens is 306 g/mol. The zero-order valence-electron chi connectivity index (χ0n) is 14.3. The summed E-state index contributed by atoms with van der Waals surface area (Å²) in [7, 11) is 6.52. The first kappa shape index (κ1) is 17.4. The molecule has 0 radical (unpaired) electrons. The quantitative estimate of drug-likeness (QED) is 0.621. The van der Waals surface area contributed by atoms with Crippen molar-refractivity contribution in [3.8, 4) is 17.2 Å². The molecule has 0 saturated heterocycles. The smallest absolute Gasteiger partial charge is 0.185 e. The number of anilines is 1. The third-order valence-electron chi connectivity index (χ3n) is 3.61. The molecule has 0 aliphatic heterocycles. The molecule has 126 valence electrons. The fourth-order valence-corrected chi connectivity index (χ4v) is 2.25. The van der Waals surface area contributed by atoms with Crippen molar-refractivity contribution in [2.75, 3.05) is 33.7 Å². The Morgan fingerprint density at radius 2 is 1.54 bits per heavy atom. The molecule has 5 heteroatoms. The van der Waals surface area contributed by atoms with Crippen molar-refractivity contribution in [1.82, 2.24) is 0 Å². The van der Waals surface area contributed by atoms with Gasteiger partial charge in [-0.15, -0.1) is 0 Å². The number of benzene rings is 2. The molecule has 0 atom stereocenters. The third kappa shape index (κ3) is 3.87. The number of methoxy groups -OCH3 is 3. The number of allylic oxidation sites excluding steroid dienone is 1. The van der Waals surface area contributed by atoms with Gasteiger partial charge in [0.05, 0.1) is 26.9 Å². The minimum Gasteiger partial charge on any atom is -0.496 e. The van der Waals surface area contributed by atoms with Crippen LogP contribution in [0.25, 0.3) is 6.08 Å². The van der Waals surface area contributed by atoms with Crippen molar-refractivity contribution < 1.29 is 19.0 Å². The number of carbonyl (C=O) groups is 1. The summed E-state index contributed by atoms with van der Waals surface area (Å²) in [6.45, 7) is 0. The van der Waals surface area contributed by atoms with Crippen molar-refractivity contribution in [1.29, 1.82) is 0 Å². The number of hydrogen-bond donors (Lipinski definition) is 1. The van der Waals surface area contributed by atoms with Crippen molar-refractivity contribution in [2.24, 2.45) is 0 Å². The molecule has 0 heterocycles. The number of rotatable bonds is 7. The molecule has 0 spiro atoms. The van der Waals surface area contributed by atoms with Gasteiger partial charge in [0.25, 0.3) is 0 Å². The predicted molar refractivity (Wildman–Crippen MR) is 95.5 cm³/mol. The summed E-state index contributed by atoms with van der Waals surface area (Å²) in [6.07, 6.45) is 3.19. The summed E-state index contributed by atoms with van der Waals surface area (Å²) in [5.41, 5.74) is 2.24. The molecule has 0 fully saturated rings. The van der Waals surface area contributed by atoms with Crippen LogP contribution >= 0.6 is 0 Å². The maximum absolute atomic E-state index is 12.3. The van der Waals surface area contributed by atoms with Gasteiger partial charge in [0.15, 0.2) is 5.78 Å². The van der Waals surface area contributed by atoms with E-state index >= 15 is 0 Å². The molecule has 0 amide bonds. The van der Waals surface area contributed by atoms with Crippen LogP contribution in [0.5, 0.6) is 17.2 Å². The van der Waals surface area contributed by atoms with E-state index < -0.39 is 0 Å². The van der Waals surface area contributed by atoms with Gasteiger partial charge in [-0.2, -0.15) is 0 Å². The highest BCUT2D eigenvalue weighted by Gasteiger charge is 2.11. The molecule has 0 saturated carbocycles. The van der Waals surface area contributed by atoms with Gasteiger partial charge in [0, 0.05) is 30.4 Å². The first-order valence-electron chi connectivity index (χ1n) is 7.43. The highest BCUT2D eigenvalue weighted by Crippen LogP contribution is 2.35. The third-order valence-corrected chi connectivity index (χ3v) is 3.61. The summed E-state index contributed by atoms with van der Waals surface area (Å²) in [4.78, 5) is 12.3. The van der Waals surface area contributed by atoms with Crippen LogP contribution < -0.4 is 19.5 Å². The van der Waals surface area contributed by atoms with Crippen molar-refractivity contribution in [2.45, 2.75) is 0 Å². The highest BCUT2D eigenvalue weighted by molar-refractivity contribution is 6.07. The van der Waals surface area contributed by atoms with Crippen LogP contribution in [0.15, 0.2) is 42.5 Å². The Kier molecular flexibility index (Phi) is 5.84. The first-order valence-corrected chi connectivity index (χ1v) is 7.43. The molecule has 0 bridgehead atoms. The van der Waals surface area contributed by atoms with Crippen LogP contribution in [0.2, 0.25) is 0 Å². The van der Waals surface area contributed by atoms with Gasteiger partial charge >= 0.3 is 0 Å². The van der Waals surface area contributed by atoms with Crippen LogP contribution in [0, 0.1) is 0 Å². The van der Waals surface area contributed by atoms with Crippen LogP contribution in [0.1, 0.15) is 15.9 Å². The number of hydrogen-bond acceptors (Lipinski definition) is 5. The Balaban J connectivity index is 2.31. The lowest BCUT2D eigenvalue weighted by atomic mass is 10.1. The second-order valence-corrected chi connectivity index (χ2v) is 4.97. The van der Waals surface area contributed by atoms with Gasteiger partial charge in [0.2, 0.25) is 0 Å². The van der Waals surface area contributed by atoms with E-state index in [0.29, 0.717) is 28.4 Å². The Morgan fingerprint density at radius 3 is 2.00 bits per heavy atom. The van der Waals surface area contributed by atoms with Gasteiger partial charge in [-0.05, 0) is 36.4 Å². The van der Waals surface area contributed by atoms with Crippen LogP contribution in [0.3, 0.4) is 0 Å². The largest absolute Gasteiger partial charge is 0.496 e. The first-order chi connectivity index (χ1) is 11.6. The van der Waals surface area contributed by atoms with E-state index in [2.05, 4.69) is 5.32 Å². The second kappa shape index (κ2) is 8.06. The molecule has 24 heavy (non-hydrogen) atoms. The topological polar surface area (TPSA) is 56.8 Å². The number of carbonyl (C=O) groups excluding carboxylic acids is 1. The molecule has 0 aliphatic rings. The maximum Gasteiger partial charge on any atom is 0.185 e. The molecule has 2 rings (SSSR count). The van der Waals surface area contributed by atoms with E-state index in [1.165, 1.54) is 6.08 Å². The van der Waals surface area contributed by atoms with E-state index in [4.69, 9.17) is 14.2 Å². The highest BCUT2D eigenvalue weighted by atomic mass is 16.5. The predicted octanol–water partition coefficient (Wildman–Crippen LogP) is 3.65. The lowest BCUT2D eigenvalue weighted by Gasteiger charge is -2.12. The Bertz CT molecular complexity index is 711. The summed E-state index contributed by atoms with van der Waals surface area (Å²) in [6, 6.07) is 10.8. The van der Waals surface area contributed by atoms with Crippen molar-refractivity contribution in [3.05, 3.63) is 53.6 Å². The molecular formula is C19H21NO4. The van der Waals surface area contributed by atoms with E-state index in [1.807, 2.05) is 19.2 Å². The van der Waals surface area contributed by atoms with Crippen molar-refractivity contribution in [3.63, 3.8) is 0 Å². The van der Waals surface area contributed by atoms with Crippen LogP contribution in [0.4, 0.5) is 5.69 Å². The SMILES string of the molecule is CNc1ccc(C(=O)/C=C/c2c(OC)cc(OC)cc2OC)cc1. The van der Waals surface area contributed by atoms with Gasteiger partial charge < -0.3 is 19.5 Å². The fourth-order valence-electron chi connectivity index (χ4n) is 2.25. The van der Waals surface area contributed by atoms with Gasteiger partial charge in [-0.25, -0.2) is 0 Å². The van der Waals surface area contributed by atoms with Gasteiger partial charge in [-0.1, -0.05) is 0 Å². The monoisotopic (exact) mass is 327 g/mol. The molecule has 2 aromatic carbocycles. The molecule has 0 aromatic heterocycles. The maximum atomic E-state index is 12.3. The summed E-state index contributed by atoms with van der Waals surface area (Å²) < 4.78 is 15.9. The number of ether oxygens (including phenoxy) is 3. The number of nitrogens with one attached hydrogen (secondary N) is 1. The average Bonchev–Trinajstić information content (AvgIpc) is 2.65. The summed E-state index contributed by atoms with van der Waals surface area (Å²) in [5, 5.41) is 3.02. The van der Waals surface area contributed by atoms with E-state index in [0.717, 1.165) is 5.69 Å². The van der Waals surface area contributed by atoms with Crippen LogP contribution in [-0.4, -0.2) is 34.2 Å². The van der Waals surface area contributed by atoms with Gasteiger partial charge in [0.1, 0.15) is 17.2 Å². The minimum atomic E-state index is -0.0995. The lowest BCUT2D eigenvalue weighted by Crippen LogP contribution is -1.97. The Labute approximate surface area is 141 Å². The van der Waals surface area contributed by atoms with E-state index in [-0.39, 0.29) is 5.78 Å². The second-order valence-electron chi connectivity index (χ2n) is 4.97. The van der Waals surface area contributed by atoms with Crippen LogP contribution in [-0.2, 0) is 0 Å². The number of ketones is 1. The molecule has 2 aromatic rings.